The third kappa shape index (κ3) is 6.91. The lowest BCUT2D eigenvalue weighted by molar-refractivity contribution is -0.127. The van der Waals surface area contributed by atoms with Crippen molar-refractivity contribution in [2.24, 2.45) is 0 Å². The Bertz CT molecular complexity index is 1430. The van der Waals surface area contributed by atoms with Crippen molar-refractivity contribution in [3.05, 3.63) is 91.2 Å². The average Bonchev–Trinajstić information content (AvgIpc) is 3.14. The molecular weight excluding hydrogens is 615 g/mol. The van der Waals surface area contributed by atoms with Crippen LogP contribution in [0.5, 0.6) is 11.5 Å². The zero-order valence-corrected chi connectivity index (χ0v) is 23.9. The molecule has 0 bridgehead atoms. The molecule has 1 saturated heterocycles. The van der Waals surface area contributed by atoms with E-state index in [0.717, 1.165) is 22.2 Å². The number of hydrogen-bond donors (Lipinski definition) is 1. The maximum atomic E-state index is 12.9. The highest BCUT2D eigenvalue weighted by molar-refractivity contribution is 9.10. The van der Waals surface area contributed by atoms with Gasteiger partial charge in [-0.05, 0) is 82.7 Å². The van der Waals surface area contributed by atoms with Crippen molar-refractivity contribution in [3.8, 4) is 11.5 Å². The Morgan fingerprint density at radius 3 is 2.55 bits per heavy atom. The first-order valence-electron chi connectivity index (χ1n) is 11.4. The summed E-state index contributed by atoms with van der Waals surface area (Å²) in [5.74, 6) is -0.0756. The third-order valence-corrected chi connectivity index (χ3v) is 7.79. The van der Waals surface area contributed by atoms with Crippen molar-refractivity contribution in [3.63, 3.8) is 0 Å². The van der Waals surface area contributed by atoms with Gasteiger partial charge in [0, 0.05) is 20.7 Å². The van der Waals surface area contributed by atoms with Crippen molar-refractivity contribution in [2.75, 3.05) is 18.5 Å². The van der Waals surface area contributed by atoms with Gasteiger partial charge in [-0.3, -0.25) is 19.3 Å². The van der Waals surface area contributed by atoms with Crippen LogP contribution >= 0.6 is 50.9 Å². The average molecular weight is 636 g/mol. The van der Waals surface area contributed by atoms with Crippen LogP contribution < -0.4 is 14.8 Å². The molecule has 1 aliphatic rings. The zero-order valence-electron chi connectivity index (χ0n) is 20.0. The molecule has 196 valence electrons. The Balaban J connectivity index is 1.45. The number of anilines is 1. The van der Waals surface area contributed by atoms with Gasteiger partial charge in [0.2, 0.25) is 5.91 Å². The largest absolute Gasteiger partial charge is 0.490 e. The summed E-state index contributed by atoms with van der Waals surface area (Å²) in [6, 6.07) is 17.5. The fraction of sp³-hybridized carbons (Fsp3) is 0.148. The molecule has 1 aliphatic heterocycles. The fourth-order valence-corrected chi connectivity index (χ4v) is 4.93. The summed E-state index contributed by atoms with van der Waals surface area (Å²) >= 11 is 16.3. The van der Waals surface area contributed by atoms with Crippen molar-refractivity contribution in [1.82, 2.24) is 4.90 Å². The number of hydrogen-bond acceptors (Lipinski definition) is 6. The monoisotopic (exact) mass is 634 g/mol. The molecule has 4 rings (SSSR count). The minimum Gasteiger partial charge on any atom is -0.490 e. The second kappa shape index (κ2) is 12.7. The van der Waals surface area contributed by atoms with Gasteiger partial charge >= 0.3 is 0 Å². The first kappa shape index (κ1) is 28.0. The van der Waals surface area contributed by atoms with Gasteiger partial charge in [-0.2, -0.15) is 0 Å². The highest BCUT2D eigenvalue weighted by Crippen LogP contribution is 2.35. The summed E-state index contributed by atoms with van der Waals surface area (Å²) in [5.41, 5.74) is 1.92. The molecule has 0 atom stereocenters. The zero-order chi connectivity index (χ0) is 27.2. The van der Waals surface area contributed by atoms with Crippen LogP contribution in [0.15, 0.2) is 70.0 Å². The lowest BCUT2D eigenvalue weighted by Gasteiger charge is -2.14. The lowest BCUT2D eigenvalue weighted by Crippen LogP contribution is -2.36. The number of rotatable bonds is 9. The molecule has 1 N–H and O–H groups in total. The van der Waals surface area contributed by atoms with Gasteiger partial charge in [0.25, 0.3) is 11.1 Å². The van der Waals surface area contributed by atoms with Crippen LogP contribution in [0.4, 0.5) is 10.5 Å². The van der Waals surface area contributed by atoms with E-state index < -0.39 is 23.6 Å². The molecule has 7 nitrogen and oxygen atoms in total. The number of carbonyl (C=O) groups excluding carboxylic acids is 3. The Hall–Kier alpha value is -2.98. The molecule has 3 amide bonds. The molecular formula is C27H21BrCl2N2O5S. The molecule has 38 heavy (non-hydrogen) atoms. The standard InChI is InChI=1S/C27H21BrCl2N2O5S/c1-2-36-23-11-16(7-10-22(23)37-15-17-5-3-4-6-20(17)29)12-24-26(34)32(27(35)38-24)14-25(33)31-18-8-9-19(28)21(30)13-18/h3-13H,2,14-15H2,1H3,(H,31,33)/b24-12+. The van der Waals surface area contributed by atoms with E-state index >= 15 is 0 Å². The van der Waals surface area contributed by atoms with E-state index in [2.05, 4.69) is 21.2 Å². The summed E-state index contributed by atoms with van der Waals surface area (Å²) in [7, 11) is 0. The van der Waals surface area contributed by atoms with E-state index in [1.165, 1.54) is 0 Å². The maximum absolute atomic E-state index is 12.9. The smallest absolute Gasteiger partial charge is 0.294 e. The van der Waals surface area contributed by atoms with Crippen molar-refractivity contribution in [1.29, 1.82) is 0 Å². The number of amides is 3. The minimum absolute atomic E-state index is 0.196. The van der Waals surface area contributed by atoms with Gasteiger partial charge in [0.1, 0.15) is 13.2 Å². The predicted octanol–water partition coefficient (Wildman–Crippen LogP) is 7.41. The molecule has 11 heteroatoms. The Labute approximate surface area is 242 Å². The van der Waals surface area contributed by atoms with Crippen molar-refractivity contribution >= 4 is 79.7 Å². The first-order valence-corrected chi connectivity index (χ1v) is 13.7. The maximum Gasteiger partial charge on any atom is 0.294 e. The number of halogens is 3. The highest BCUT2D eigenvalue weighted by Gasteiger charge is 2.36. The molecule has 1 heterocycles. The molecule has 3 aromatic rings. The summed E-state index contributed by atoms with van der Waals surface area (Å²) in [4.78, 5) is 39.0. The van der Waals surface area contributed by atoms with Crippen molar-refractivity contribution in [2.45, 2.75) is 13.5 Å². The highest BCUT2D eigenvalue weighted by atomic mass is 79.9. The molecule has 1 fully saturated rings. The fourth-order valence-electron chi connectivity index (χ4n) is 3.48. The summed E-state index contributed by atoms with van der Waals surface area (Å²) in [5, 5.41) is 3.13. The second-order valence-corrected chi connectivity index (χ2v) is 10.6. The van der Waals surface area contributed by atoms with Crippen LogP contribution in [0.3, 0.4) is 0 Å². The number of imide groups is 1. The molecule has 0 aliphatic carbocycles. The normalized spacial score (nSPS) is 14.2. The Kier molecular flexibility index (Phi) is 9.38. The molecule has 3 aromatic carbocycles. The molecule has 0 radical (unpaired) electrons. The molecule has 0 aromatic heterocycles. The number of ether oxygens (including phenoxy) is 2. The van der Waals surface area contributed by atoms with Gasteiger partial charge in [0.15, 0.2) is 11.5 Å². The summed E-state index contributed by atoms with van der Waals surface area (Å²) in [6.07, 6.45) is 1.58. The van der Waals surface area contributed by atoms with Crippen LogP contribution in [-0.2, 0) is 16.2 Å². The SMILES string of the molecule is CCOc1cc(/C=C2/SC(=O)N(CC(=O)Nc3ccc(Br)c(Cl)c3)C2=O)ccc1OCc1ccccc1Cl. The van der Waals surface area contributed by atoms with E-state index in [1.807, 2.05) is 25.1 Å². The van der Waals surface area contributed by atoms with Gasteiger partial charge < -0.3 is 14.8 Å². The lowest BCUT2D eigenvalue weighted by atomic mass is 10.1. The number of nitrogens with zero attached hydrogens (tertiary/aromatic N) is 1. The van der Waals surface area contributed by atoms with Crippen molar-refractivity contribution < 1.29 is 23.9 Å². The van der Waals surface area contributed by atoms with Gasteiger partial charge in [0.05, 0.1) is 16.5 Å². The van der Waals surface area contributed by atoms with Crippen LogP contribution in [0.1, 0.15) is 18.1 Å². The van der Waals surface area contributed by atoms with E-state index in [9.17, 15) is 14.4 Å². The third-order valence-electron chi connectivity index (χ3n) is 5.29. The number of carbonyl (C=O) groups is 3. The number of thioether (sulfide) groups is 1. The minimum atomic E-state index is -0.555. The van der Waals surface area contributed by atoms with E-state index in [-0.39, 0.29) is 11.5 Å². The van der Waals surface area contributed by atoms with Crippen LogP contribution in [-0.4, -0.2) is 35.1 Å². The van der Waals surface area contributed by atoms with Crippen LogP contribution in [0.25, 0.3) is 6.08 Å². The van der Waals surface area contributed by atoms with Gasteiger partial charge in [-0.15, -0.1) is 0 Å². The topological polar surface area (TPSA) is 84.9 Å². The first-order chi connectivity index (χ1) is 18.2. The van der Waals surface area contributed by atoms with Crippen LogP contribution in [0, 0.1) is 0 Å². The molecule has 0 spiro atoms. The number of nitrogens with one attached hydrogen (secondary N) is 1. The Morgan fingerprint density at radius 2 is 1.82 bits per heavy atom. The van der Waals surface area contributed by atoms with Gasteiger partial charge in [-0.25, -0.2) is 0 Å². The van der Waals surface area contributed by atoms with E-state index in [1.54, 1.807) is 48.5 Å². The van der Waals surface area contributed by atoms with E-state index in [0.29, 0.717) is 43.9 Å². The summed E-state index contributed by atoms with van der Waals surface area (Å²) < 4.78 is 12.3. The Morgan fingerprint density at radius 1 is 1.03 bits per heavy atom. The molecule has 0 unspecified atom stereocenters. The quantitative estimate of drug-likeness (QED) is 0.247. The van der Waals surface area contributed by atoms with Gasteiger partial charge in [-0.1, -0.05) is 47.5 Å². The summed E-state index contributed by atoms with van der Waals surface area (Å²) in [6.45, 7) is 2.09. The second-order valence-electron chi connectivity index (χ2n) is 7.96. The number of benzene rings is 3. The predicted molar refractivity (Wildman–Crippen MR) is 154 cm³/mol. The van der Waals surface area contributed by atoms with Crippen LogP contribution in [0.2, 0.25) is 10.0 Å². The van der Waals surface area contributed by atoms with E-state index in [4.69, 9.17) is 32.7 Å². The molecule has 0 saturated carbocycles.